The maximum atomic E-state index is 12.4. The van der Waals surface area contributed by atoms with Gasteiger partial charge in [0, 0.05) is 23.4 Å². The number of methoxy groups -OCH3 is 1. The highest BCUT2D eigenvalue weighted by molar-refractivity contribution is 7.98. The van der Waals surface area contributed by atoms with Gasteiger partial charge in [-0.3, -0.25) is 4.79 Å². The maximum absolute atomic E-state index is 12.4. The number of hydrazone groups is 1. The molecule has 0 aliphatic heterocycles. The Kier molecular flexibility index (Phi) is 8.59. The van der Waals surface area contributed by atoms with Crippen molar-refractivity contribution in [3.8, 4) is 11.5 Å². The van der Waals surface area contributed by atoms with Crippen molar-refractivity contribution in [1.29, 1.82) is 0 Å². The van der Waals surface area contributed by atoms with Crippen molar-refractivity contribution in [2.24, 2.45) is 12.1 Å². The van der Waals surface area contributed by atoms with E-state index >= 15 is 0 Å². The molecule has 0 saturated heterocycles. The van der Waals surface area contributed by atoms with Crippen LogP contribution in [0.5, 0.6) is 11.5 Å². The van der Waals surface area contributed by atoms with Gasteiger partial charge in [0.25, 0.3) is 5.91 Å². The van der Waals surface area contributed by atoms with Crippen molar-refractivity contribution in [2.45, 2.75) is 17.5 Å². The molecule has 1 amide bonds. The summed E-state index contributed by atoms with van der Waals surface area (Å²) in [5.74, 6) is 1.60. The van der Waals surface area contributed by atoms with Crippen LogP contribution < -0.4 is 14.9 Å². The van der Waals surface area contributed by atoms with Crippen LogP contribution in [0.3, 0.4) is 0 Å². The second-order valence-electron chi connectivity index (χ2n) is 7.73. The lowest BCUT2D eigenvalue weighted by molar-refractivity contribution is 0.0955. The predicted octanol–water partition coefficient (Wildman–Crippen LogP) is 5.11. The molecule has 0 atom stereocenters. The lowest BCUT2D eigenvalue weighted by Crippen LogP contribution is -2.17. The Labute approximate surface area is 218 Å². The number of aryl methyl sites for hydroxylation is 1. The highest BCUT2D eigenvalue weighted by atomic mass is 35.5. The fourth-order valence-electron chi connectivity index (χ4n) is 3.16. The molecule has 1 N–H and O–H groups in total. The van der Waals surface area contributed by atoms with Crippen molar-refractivity contribution in [2.75, 3.05) is 7.11 Å². The van der Waals surface area contributed by atoms with Crippen LogP contribution in [0, 0.1) is 0 Å². The molecule has 4 rings (SSSR count). The first kappa shape index (κ1) is 25.3. The molecule has 0 radical (unpaired) electrons. The SMILES string of the molecule is COc1cc(C=NNC(=O)c2ccc(CSc3nncn3C)cc2)ccc1OCc1ccc(Cl)cc1. The van der Waals surface area contributed by atoms with E-state index < -0.39 is 0 Å². The zero-order chi connectivity index (χ0) is 25.3. The summed E-state index contributed by atoms with van der Waals surface area (Å²) in [7, 11) is 3.47. The number of halogens is 1. The molecule has 0 saturated carbocycles. The fourth-order valence-corrected chi connectivity index (χ4v) is 4.13. The molecule has 1 heterocycles. The van der Waals surface area contributed by atoms with E-state index in [2.05, 4.69) is 20.7 Å². The fraction of sp³-hybridized carbons (Fsp3) is 0.154. The maximum Gasteiger partial charge on any atom is 0.271 e. The van der Waals surface area contributed by atoms with Crippen molar-refractivity contribution in [3.63, 3.8) is 0 Å². The highest BCUT2D eigenvalue weighted by Gasteiger charge is 2.08. The number of hydrogen-bond acceptors (Lipinski definition) is 7. The first-order chi connectivity index (χ1) is 17.5. The summed E-state index contributed by atoms with van der Waals surface area (Å²) < 4.78 is 13.2. The Morgan fingerprint density at radius 1 is 1.08 bits per heavy atom. The molecule has 3 aromatic carbocycles. The van der Waals surface area contributed by atoms with E-state index in [0.717, 1.165) is 27.6 Å². The predicted molar refractivity (Wildman–Crippen MR) is 141 cm³/mol. The van der Waals surface area contributed by atoms with Crippen LogP contribution in [-0.4, -0.2) is 34.0 Å². The number of carbonyl (C=O) groups is 1. The molecule has 184 valence electrons. The van der Waals surface area contributed by atoms with E-state index in [1.54, 1.807) is 55.7 Å². The number of nitrogens with zero attached hydrogens (tertiary/aromatic N) is 4. The van der Waals surface area contributed by atoms with E-state index in [1.807, 2.05) is 54.1 Å². The van der Waals surface area contributed by atoms with E-state index in [1.165, 1.54) is 0 Å². The summed E-state index contributed by atoms with van der Waals surface area (Å²) in [5.41, 5.74) is 5.89. The molecule has 0 spiro atoms. The van der Waals surface area contributed by atoms with Gasteiger partial charge >= 0.3 is 0 Å². The van der Waals surface area contributed by atoms with Crippen LogP contribution in [0.1, 0.15) is 27.0 Å². The monoisotopic (exact) mass is 521 g/mol. The van der Waals surface area contributed by atoms with E-state index in [-0.39, 0.29) is 5.91 Å². The van der Waals surface area contributed by atoms with Gasteiger partial charge in [-0.1, -0.05) is 47.6 Å². The molecular weight excluding hydrogens is 498 g/mol. The minimum Gasteiger partial charge on any atom is -0.493 e. The second-order valence-corrected chi connectivity index (χ2v) is 9.11. The normalized spacial score (nSPS) is 11.0. The third-order valence-corrected chi connectivity index (χ3v) is 6.49. The van der Waals surface area contributed by atoms with Crippen LogP contribution in [-0.2, 0) is 19.4 Å². The number of aromatic nitrogens is 3. The summed E-state index contributed by atoms with van der Waals surface area (Å²) in [6.07, 6.45) is 3.22. The van der Waals surface area contributed by atoms with Crippen LogP contribution in [0.15, 0.2) is 83.3 Å². The van der Waals surface area contributed by atoms with Crippen molar-refractivity contribution in [1.82, 2.24) is 20.2 Å². The van der Waals surface area contributed by atoms with Crippen molar-refractivity contribution in [3.05, 3.63) is 100 Å². The second kappa shape index (κ2) is 12.2. The third kappa shape index (κ3) is 6.87. The Morgan fingerprint density at radius 3 is 2.53 bits per heavy atom. The van der Waals surface area contributed by atoms with Crippen LogP contribution in [0.25, 0.3) is 0 Å². The molecule has 0 unspecified atom stereocenters. The van der Waals surface area contributed by atoms with Gasteiger partial charge in [0.2, 0.25) is 0 Å². The van der Waals surface area contributed by atoms with Crippen LogP contribution >= 0.6 is 23.4 Å². The number of thioether (sulfide) groups is 1. The number of carbonyl (C=O) groups excluding carboxylic acids is 1. The number of hydrogen-bond donors (Lipinski definition) is 1. The zero-order valence-corrected chi connectivity index (χ0v) is 21.3. The summed E-state index contributed by atoms with van der Waals surface area (Å²) in [6.45, 7) is 0.384. The zero-order valence-electron chi connectivity index (χ0n) is 19.7. The number of amides is 1. The number of benzene rings is 3. The van der Waals surface area contributed by atoms with Crippen LogP contribution in [0.2, 0.25) is 5.02 Å². The lowest BCUT2D eigenvalue weighted by Gasteiger charge is -2.11. The van der Waals surface area contributed by atoms with Crippen LogP contribution in [0.4, 0.5) is 0 Å². The quantitative estimate of drug-likeness (QED) is 0.177. The summed E-state index contributed by atoms with van der Waals surface area (Å²) in [4.78, 5) is 12.4. The Hall–Kier alpha value is -3.82. The summed E-state index contributed by atoms with van der Waals surface area (Å²) in [6, 6.07) is 20.2. The molecule has 0 aliphatic rings. The summed E-state index contributed by atoms with van der Waals surface area (Å²) in [5, 5.41) is 13.5. The lowest BCUT2D eigenvalue weighted by atomic mass is 10.1. The van der Waals surface area contributed by atoms with Crippen molar-refractivity contribution >= 4 is 35.5 Å². The standard InChI is InChI=1S/C26H24ClN5O3S/c1-32-17-29-31-26(32)36-16-19-3-8-21(9-4-19)25(33)30-28-14-20-7-12-23(24(13-20)34-2)35-15-18-5-10-22(27)11-6-18/h3-14,17H,15-16H2,1-2H3,(H,30,33). The molecular formula is C26H24ClN5O3S. The summed E-state index contributed by atoms with van der Waals surface area (Å²) >= 11 is 7.50. The molecule has 0 fully saturated rings. The third-order valence-electron chi connectivity index (χ3n) is 5.13. The Bertz CT molecular complexity index is 1340. The molecule has 0 aliphatic carbocycles. The van der Waals surface area contributed by atoms with Gasteiger partial charge in [-0.05, 0) is 59.2 Å². The number of ether oxygens (including phenoxy) is 2. The van der Waals surface area contributed by atoms with Gasteiger partial charge in [-0.15, -0.1) is 10.2 Å². The van der Waals surface area contributed by atoms with Gasteiger partial charge < -0.3 is 14.0 Å². The molecule has 0 bridgehead atoms. The highest BCUT2D eigenvalue weighted by Crippen LogP contribution is 2.28. The topological polar surface area (TPSA) is 90.6 Å². The van der Waals surface area contributed by atoms with E-state index in [4.69, 9.17) is 21.1 Å². The van der Waals surface area contributed by atoms with Gasteiger partial charge in [0.1, 0.15) is 12.9 Å². The molecule has 1 aromatic heterocycles. The molecule has 10 heteroatoms. The van der Waals surface area contributed by atoms with Gasteiger partial charge in [-0.2, -0.15) is 5.10 Å². The van der Waals surface area contributed by atoms with Crippen molar-refractivity contribution < 1.29 is 14.3 Å². The Balaban J connectivity index is 1.30. The largest absolute Gasteiger partial charge is 0.493 e. The number of nitrogens with one attached hydrogen (secondary N) is 1. The Morgan fingerprint density at radius 2 is 1.83 bits per heavy atom. The van der Waals surface area contributed by atoms with Gasteiger partial charge in [0.05, 0.1) is 13.3 Å². The first-order valence-electron chi connectivity index (χ1n) is 11.0. The van der Waals surface area contributed by atoms with E-state index in [0.29, 0.717) is 28.7 Å². The van der Waals surface area contributed by atoms with Gasteiger partial charge in [0.15, 0.2) is 16.7 Å². The van der Waals surface area contributed by atoms with E-state index in [9.17, 15) is 4.79 Å². The molecule has 8 nitrogen and oxygen atoms in total. The molecule has 4 aromatic rings. The minimum absolute atomic E-state index is 0.298. The average Bonchev–Trinajstić information content (AvgIpc) is 3.32. The smallest absolute Gasteiger partial charge is 0.271 e. The first-order valence-corrected chi connectivity index (χ1v) is 12.3. The minimum atomic E-state index is -0.298. The number of rotatable bonds is 10. The average molecular weight is 522 g/mol. The van der Waals surface area contributed by atoms with Gasteiger partial charge in [-0.25, -0.2) is 5.43 Å². The molecule has 36 heavy (non-hydrogen) atoms.